The van der Waals surface area contributed by atoms with Gasteiger partial charge in [0, 0.05) is 5.69 Å². The number of methoxy groups -OCH3 is 1. The minimum atomic E-state index is -1.11. The molecule has 1 rings (SSSR count). The molecule has 0 unspecified atom stereocenters. The first-order chi connectivity index (χ1) is 9.65. The molecule has 0 saturated heterocycles. The summed E-state index contributed by atoms with van der Waals surface area (Å²) in [6.45, 7) is 6.60. The van der Waals surface area contributed by atoms with Crippen molar-refractivity contribution in [1.29, 1.82) is 0 Å². The van der Waals surface area contributed by atoms with Crippen LogP contribution in [0.3, 0.4) is 0 Å². The molecular formula is C15H21NO5. The molecule has 0 saturated carbocycles. The zero-order chi connectivity index (χ0) is 16.2. The van der Waals surface area contributed by atoms with E-state index in [4.69, 9.17) is 9.47 Å². The van der Waals surface area contributed by atoms with Crippen molar-refractivity contribution >= 4 is 17.7 Å². The van der Waals surface area contributed by atoms with E-state index >= 15 is 0 Å². The summed E-state index contributed by atoms with van der Waals surface area (Å²) < 4.78 is 10.3. The Morgan fingerprint density at radius 1 is 1.19 bits per heavy atom. The average molecular weight is 295 g/mol. The Balaban J connectivity index is 3.12. The van der Waals surface area contributed by atoms with Gasteiger partial charge in [-0.1, -0.05) is 0 Å². The van der Waals surface area contributed by atoms with Gasteiger partial charge in [-0.05, 0) is 52.0 Å². The molecule has 1 N–H and O–H groups in total. The molecule has 0 aromatic heterocycles. The van der Waals surface area contributed by atoms with Crippen LogP contribution in [0.2, 0.25) is 0 Å². The largest absolute Gasteiger partial charge is 0.497 e. The van der Waals surface area contributed by atoms with E-state index in [1.165, 1.54) is 14.0 Å². The summed E-state index contributed by atoms with van der Waals surface area (Å²) in [5.74, 6) is -0.498. The van der Waals surface area contributed by atoms with Crippen LogP contribution in [0, 0.1) is 0 Å². The Morgan fingerprint density at radius 2 is 1.71 bits per heavy atom. The number of rotatable bonds is 4. The Kier molecular flexibility index (Phi) is 5.18. The van der Waals surface area contributed by atoms with Crippen molar-refractivity contribution in [3.8, 4) is 5.75 Å². The minimum Gasteiger partial charge on any atom is -0.497 e. The lowest BCUT2D eigenvalue weighted by Crippen LogP contribution is -2.46. The number of nitrogens with zero attached hydrogens (tertiary/aromatic N) is 1. The van der Waals surface area contributed by atoms with Crippen LogP contribution in [0.5, 0.6) is 5.75 Å². The normalized spacial score (nSPS) is 12.4. The van der Waals surface area contributed by atoms with Gasteiger partial charge >= 0.3 is 12.1 Å². The van der Waals surface area contributed by atoms with E-state index in [0.717, 1.165) is 4.90 Å². The summed E-state index contributed by atoms with van der Waals surface area (Å²) >= 11 is 0. The molecular weight excluding hydrogens is 274 g/mol. The average Bonchev–Trinajstić information content (AvgIpc) is 2.37. The fraction of sp³-hybridized carbons (Fsp3) is 0.467. The fourth-order valence-electron chi connectivity index (χ4n) is 1.65. The number of aliphatic carboxylic acids is 1. The Labute approximate surface area is 124 Å². The van der Waals surface area contributed by atoms with Crippen LogP contribution in [0.1, 0.15) is 27.7 Å². The molecule has 0 aliphatic heterocycles. The van der Waals surface area contributed by atoms with Crippen molar-refractivity contribution in [3.63, 3.8) is 0 Å². The number of carbonyl (C=O) groups is 2. The van der Waals surface area contributed by atoms with Gasteiger partial charge in [0.05, 0.1) is 7.11 Å². The highest BCUT2D eigenvalue weighted by atomic mass is 16.6. The van der Waals surface area contributed by atoms with Crippen molar-refractivity contribution in [3.05, 3.63) is 24.3 Å². The van der Waals surface area contributed by atoms with Crippen LogP contribution in [0.4, 0.5) is 10.5 Å². The molecule has 1 aromatic carbocycles. The lowest BCUT2D eigenvalue weighted by molar-refractivity contribution is -0.138. The van der Waals surface area contributed by atoms with Crippen LogP contribution >= 0.6 is 0 Å². The number of carboxylic acid groups (broad SMARTS) is 1. The fourth-order valence-corrected chi connectivity index (χ4v) is 1.65. The number of hydrogen-bond acceptors (Lipinski definition) is 4. The third kappa shape index (κ3) is 4.66. The van der Waals surface area contributed by atoms with Crippen LogP contribution in [0.15, 0.2) is 24.3 Å². The van der Waals surface area contributed by atoms with E-state index in [-0.39, 0.29) is 0 Å². The van der Waals surface area contributed by atoms with E-state index in [2.05, 4.69) is 0 Å². The Hall–Kier alpha value is -2.24. The number of benzene rings is 1. The predicted molar refractivity (Wildman–Crippen MR) is 78.8 cm³/mol. The monoisotopic (exact) mass is 295 g/mol. The molecule has 0 radical (unpaired) electrons. The lowest BCUT2D eigenvalue weighted by atomic mass is 10.2. The summed E-state index contributed by atoms with van der Waals surface area (Å²) in [4.78, 5) is 24.6. The third-order valence-corrected chi connectivity index (χ3v) is 2.69. The summed E-state index contributed by atoms with van der Waals surface area (Å²) in [5, 5.41) is 9.19. The van der Waals surface area contributed by atoms with Gasteiger partial charge in [-0.2, -0.15) is 0 Å². The molecule has 0 fully saturated rings. The van der Waals surface area contributed by atoms with Crippen molar-refractivity contribution in [1.82, 2.24) is 0 Å². The van der Waals surface area contributed by atoms with Crippen LogP contribution in [-0.4, -0.2) is 35.9 Å². The molecule has 0 heterocycles. The second-order valence-electron chi connectivity index (χ2n) is 5.56. The number of carboxylic acids is 1. The van der Waals surface area contributed by atoms with E-state index in [0.29, 0.717) is 11.4 Å². The molecule has 1 amide bonds. The Morgan fingerprint density at radius 3 is 2.10 bits per heavy atom. The molecule has 116 valence electrons. The summed E-state index contributed by atoms with van der Waals surface area (Å²) in [6.07, 6.45) is -0.706. The quantitative estimate of drug-likeness (QED) is 0.924. The molecule has 6 nitrogen and oxygen atoms in total. The first-order valence-corrected chi connectivity index (χ1v) is 6.55. The topological polar surface area (TPSA) is 76.1 Å². The summed E-state index contributed by atoms with van der Waals surface area (Å²) in [6, 6.07) is 5.49. The van der Waals surface area contributed by atoms with Crippen molar-refractivity contribution in [2.75, 3.05) is 12.0 Å². The standard InChI is InChI=1S/C15H21NO5/c1-10(13(17)18)16(14(19)21-15(2,3)4)11-6-8-12(20-5)9-7-11/h6-10H,1-5H3,(H,17,18)/t10-/m0/s1. The zero-order valence-electron chi connectivity index (χ0n) is 12.9. The molecule has 0 aliphatic carbocycles. The van der Waals surface area contributed by atoms with Gasteiger partial charge in [0.2, 0.25) is 0 Å². The molecule has 0 spiro atoms. The zero-order valence-corrected chi connectivity index (χ0v) is 12.9. The van der Waals surface area contributed by atoms with Crippen LogP contribution in [0.25, 0.3) is 0 Å². The maximum absolute atomic E-state index is 12.3. The highest BCUT2D eigenvalue weighted by molar-refractivity contribution is 5.95. The van der Waals surface area contributed by atoms with E-state index in [1.807, 2.05) is 0 Å². The van der Waals surface area contributed by atoms with Crippen molar-refractivity contribution in [2.24, 2.45) is 0 Å². The lowest BCUT2D eigenvalue weighted by Gasteiger charge is -2.29. The van der Waals surface area contributed by atoms with Gasteiger partial charge in [0.25, 0.3) is 0 Å². The number of hydrogen-bond donors (Lipinski definition) is 1. The highest BCUT2D eigenvalue weighted by Gasteiger charge is 2.31. The van der Waals surface area contributed by atoms with Crippen molar-refractivity contribution in [2.45, 2.75) is 39.3 Å². The van der Waals surface area contributed by atoms with Gasteiger partial charge in [-0.3, -0.25) is 4.90 Å². The molecule has 21 heavy (non-hydrogen) atoms. The molecule has 0 bridgehead atoms. The molecule has 1 aromatic rings. The molecule has 6 heteroatoms. The number of anilines is 1. The number of carbonyl (C=O) groups excluding carboxylic acids is 1. The van der Waals surface area contributed by atoms with E-state index in [9.17, 15) is 14.7 Å². The van der Waals surface area contributed by atoms with Gasteiger partial charge in [0.1, 0.15) is 17.4 Å². The van der Waals surface area contributed by atoms with Gasteiger partial charge in [0.15, 0.2) is 0 Å². The molecule has 0 aliphatic rings. The highest BCUT2D eigenvalue weighted by Crippen LogP contribution is 2.23. The molecule has 1 atom stereocenters. The summed E-state index contributed by atoms with van der Waals surface area (Å²) in [7, 11) is 1.53. The first kappa shape index (κ1) is 16.8. The second-order valence-corrected chi connectivity index (χ2v) is 5.56. The second kappa shape index (κ2) is 6.47. The van der Waals surface area contributed by atoms with Crippen LogP contribution in [-0.2, 0) is 9.53 Å². The summed E-state index contributed by atoms with van der Waals surface area (Å²) in [5.41, 5.74) is -0.278. The van der Waals surface area contributed by atoms with Crippen LogP contribution < -0.4 is 9.64 Å². The van der Waals surface area contributed by atoms with Gasteiger partial charge in [-0.25, -0.2) is 9.59 Å². The third-order valence-electron chi connectivity index (χ3n) is 2.69. The maximum Gasteiger partial charge on any atom is 0.415 e. The predicted octanol–water partition coefficient (Wildman–Crippen LogP) is 2.91. The first-order valence-electron chi connectivity index (χ1n) is 6.55. The van der Waals surface area contributed by atoms with Gasteiger partial charge in [-0.15, -0.1) is 0 Å². The van der Waals surface area contributed by atoms with Gasteiger partial charge < -0.3 is 14.6 Å². The SMILES string of the molecule is COc1ccc(N(C(=O)OC(C)(C)C)[C@@H](C)C(=O)O)cc1. The number of ether oxygens (including phenoxy) is 2. The van der Waals surface area contributed by atoms with Crippen molar-refractivity contribution < 1.29 is 24.2 Å². The Bertz CT molecular complexity index is 504. The maximum atomic E-state index is 12.3. The van der Waals surface area contributed by atoms with E-state index < -0.39 is 23.7 Å². The smallest absolute Gasteiger partial charge is 0.415 e. The number of amides is 1. The minimum absolute atomic E-state index is 0.431. The van der Waals surface area contributed by atoms with E-state index in [1.54, 1.807) is 45.0 Å².